The second kappa shape index (κ2) is 8.14. The molecule has 0 aliphatic carbocycles. The molecule has 0 heterocycles. The minimum absolute atomic E-state index is 0.00954. The summed E-state index contributed by atoms with van der Waals surface area (Å²) in [5.41, 5.74) is 0.712. The molecule has 0 radical (unpaired) electrons. The van der Waals surface area contributed by atoms with Crippen molar-refractivity contribution in [2.24, 2.45) is 0 Å². The lowest BCUT2D eigenvalue weighted by atomic mass is 10.1. The van der Waals surface area contributed by atoms with Crippen molar-refractivity contribution in [2.75, 3.05) is 6.61 Å². The summed E-state index contributed by atoms with van der Waals surface area (Å²) in [7, 11) is -2.96. The Morgan fingerprint density at radius 3 is 1.72 bits per heavy atom. The van der Waals surface area contributed by atoms with E-state index in [0.29, 0.717) is 6.42 Å². The maximum atomic E-state index is 14.5. The lowest BCUT2D eigenvalue weighted by molar-refractivity contribution is 0.286. The summed E-state index contributed by atoms with van der Waals surface area (Å²) in [6.07, 6.45) is 0.447. The molecule has 0 fully saturated rings. The summed E-state index contributed by atoms with van der Waals surface area (Å²) in [4.78, 5) is 0. The van der Waals surface area contributed by atoms with Crippen LogP contribution in [-0.4, -0.2) is 11.7 Å². The monoisotopic (exact) mass is 414 g/mol. The largest absolute Gasteiger partial charge is 0.396 e. The van der Waals surface area contributed by atoms with Crippen LogP contribution in [-0.2, 0) is 4.57 Å². The topological polar surface area (TPSA) is 37.3 Å². The molecule has 1 N–H and O–H groups in total. The molecule has 25 heavy (non-hydrogen) atoms. The van der Waals surface area contributed by atoms with E-state index in [1.807, 2.05) is 84.9 Å². The van der Waals surface area contributed by atoms with Crippen LogP contribution in [0.4, 0.5) is 0 Å². The van der Waals surface area contributed by atoms with E-state index >= 15 is 0 Å². The van der Waals surface area contributed by atoms with Gasteiger partial charge in [-0.25, -0.2) is 0 Å². The summed E-state index contributed by atoms with van der Waals surface area (Å²) >= 11 is 3.46. The second-order valence-electron chi connectivity index (χ2n) is 5.91. The molecular formula is C21H20BrO2P. The molecule has 0 aromatic heterocycles. The molecule has 2 nitrogen and oxygen atoms in total. The van der Waals surface area contributed by atoms with E-state index in [2.05, 4.69) is 15.9 Å². The fourth-order valence-corrected chi connectivity index (χ4v) is 6.76. The zero-order valence-corrected chi connectivity index (χ0v) is 16.2. The van der Waals surface area contributed by atoms with Crippen LogP contribution in [0.1, 0.15) is 17.6 Å². The van der Waals surface area contributed by atoms with Gasteiger partial charge in [0.2, 0.25) is 0 Å². The van der Waals surface area contributed by atoms with Crippen molar-refractivity contribution in [1.29, 1.82) is 0 Å². The van der Waals surface area contributed by atoms with Gasteiger partial charge in [-0.2, -0.15) is 0 Å². The number of halogens is 1. The minimum atomic E-state index is -2.96. The fourth-order valence-electron chi connectivity index (χ4n) is 3.17. The zero-order valence-electron chi connectivity index (χ0n) is 13.8. The standard InChI is InChI=1S/C21H20BrO2P/c22-18-13-11-17(12-14-18)21(15-16-23)25(24,19-7-3-1-4-8-19)20-9-5-2-6-10-20/h1-14,21,23H,15-16H2/t21-/m0/s1. The minimum Gasteiger partial charge on any atom is -0.396 e. The first-order valence-electron chi connectivity index (χ1n) is 8.23. The van der Waals surface area contributed by atoms with Gasteiger partial charge in [0.05, 0.1) is 0 Å². The van der Waals surface area contributed by atoms with Gasteiger partial charge in [-0.1, -0.05) is 88.7 Å². The van der Waals surface area contributed by atoms with Crippen LogP contribution < -0.4 is 10.6 Å². The molecule has 0 aliphatic rings. The van der Waals surface area contributed by atoms with Crippen molar-refractivity contribution in [3.63, 3.8) is 0 Å². The normalized spacial score (nSPS) is 12.7. The van der Waals surface area contributed by atoms with E-state index in [1.165, 1.54) is 0 Å². The Hall–Kier alpha value is -1.67. The van der Waals surface area contributed by atoms with Crippen LogP contribution in [0.15, 0.2) is 89.4 Å². The average molecular weight is 415 g/mol. The number of aliphatic hydroxyl groups excluding tert-OH is 1. The Morgan fingerprint density at radius 2 is 1.28 bits per heavy atom. The Balaban J connectivity index is 2.21. The second-order valence-corrected chi connectivity index (χ2v) is 9.80. The van der Waals surface area contributed by atoms with Crippen LogP contribution in [0.2, 0.25) is 0 Å². The smallest absolute Gasteiger partial charge is 0.150 e. The first kappa shape index (κ1) is 18.1. The first-order chi connectivity index (χ1) is 12.2. The van der Waals surface area contributed by atoms with Crippen LogP contribution >= 0.6 is 23.1 Å². The van der Waals surface area contributed by atoms with Crippen molar-refractivity contribution < 1.29 is 9.67 Å². The molecule has 0 saturated heterocycles. The van der Waals surface area contributed by atoms with E-state index in [-0.39, 0.29) is 12.3 Å². The molecule has 3 rings (SSSR count). The van der Waals surface area contributed by atoms with E-state index in [0.717, 1.165) is 20.6 Å². The maximum absolute atomic E-state index is 14.5. The third kappa shape index (κ3) is 3.79. The van der Waals surface area contributed by atoms with Crippen LogP contribution in [0.25, 0.3) is 0 Å². The summed E-state index contributed by atoms with van der Waals surface area (Å²) in [5.74, 6) is 0. The highest BCUT2D eigenvalue weighted by Gasteiger charge is 2.37. The van der Waals surface area contributed by atoms with E-state index in [1.54, 1.807) is 0 Å². The van der Waals surface area contributed by atoms with Gasteiger partial charge >= 0.3 is 0 Å². The molecule has 0 saturated carbocycles. The molecule has 1 atom stereocenters. The van der Waals surface area contributed by atoms with Gasteiger partial charge in [0.1, 0.15) is 7.14 Å². The fraction of sp³-hybridized carbons (Fsp3) is 0.143. The molecule has 4 heteroatoms. The van der Waals surface area contributed by atoms with Gasteiger partial charge in [0.25, 0.3) is 0 Å². The summed E-state index contributed by atoms with van der Waals surface area (Å²) < 4.78 is 15.4. The number of hydrogen-bond acceptors (Lipinski definition) is 2. The molecule has 3 aromatic carbocycles. The Kier molecular flexibility index (Phi) is 5.90. The molecule has 0 spiro atoms. The summed E-state index contributed by atoms with van der Waals surface area (Å²) in [5, 5.41) is 11.3. The van der Waals surface area contributed by atoms with Gasteiger partial charge in [-0.3, -0.25) is 0 Å². The first-order valence-corrected chi connectivity index (χ1v) is 10.8. The van der Waals surface area contributed by atoms with Crippen molar-refractivity contribution in [3.8, 4) is 0 Å². The third-order valence-electron chi connectivity index (χ3n) is 4.38. The Morgan fingerprint density at radius 1 is 0.800 bits per heavy atom. The van der Waals surface area contributed by atoms with Gasteiger partial charge in [-0.05, 0) is 24.1 Å². The number of aliphatic hydroxyl groups is 1. The molecule has 3 aromatic rings. The van der Waals surface area contributed by atoms with Gasteiger partial charge in [0, 0.05) is 27.3 Å². The molecular weight excluding hydrogens is 395 g/mol. The van der Waals surface area contributed by atoms with Crippen molar-refractivity contribution in [1.82, 2.24) is 0 Å². The quantitative estimate of drug-likeness (QED) is 0.583. The predicted octanol–water partition coefficient (Wildman–Crippen LogP) is 4.89. The van der Waals surface area contributed by atoms with E-state index in [9.17, 15) is 9.67 Å². The number of rotatable bonds is 6. The highest BCUT2D eigenvalue weighted by Crippen LogP contribution is 2.58. The highest BCUT2D eigenvalue weighted by atomic mass is 79.9. The Bertz CT molecular complexity index is 805. The molecule has 0 aliphatic heterocycles. The third-order valence-corrected chi connectivity index (χ3v) is 8.47. The van der Waals surface area contributed by atoms with E-state index in [4.69, 9.17) is 0 Å². The average Bonchev–Trinajstić information content (AvgIpc) is 2.68. The molecule has 0 unspecified atom stereocenters. The van der Waals surface area contributed by atoms with Gasteiger partial charge in [-0.15, -0.1) is 0 Å². The summed E-state index contributed by atoms with van der Waals surface area (Å²) in [6, 6.07) is 27.1. The van der Waals surface area contributed by atoms with Gasteiger partial charge < -0.3 is 9.67 Å². The van der Waals surface area contributed by atoms with Crippen LogP contribution in [0.5, 0.6) is 0 Å². The van der Waals surface area contributed by atoms with Crippen molar-refractivity contribution in [3.05, 3.63) is 95.0 Å². The number of benzene rings is 3. The lowest BCUT2D eigenvalue weighted by Gasteiger charge is -2.29. The SMILES string of the molecule is O=P(c1ccccc1)(c1ccccc1)[C@@H](CCO)c1ccc(Br)cc1. The highest BCUT2D eigenvalue weighted by molar-refractivity contribution is 9.10. The van der Waals surface area contributed by atoms with Crippen LogP contribution in [0, 0.1) is 0 Å². The molecule has 128 valence electrons. The van der Waals surface area contributed by atoms with E-state index < -0.39 is 7.14 Å². The van der Waals surface area contributed by atoms with Crippen molar-refractivity contribution >= 4 is 33.7 Å². The molecule has 0 amide bonds. The number of hydrogen-bond donors (Lipinski definition) is 1. The Labute approximate surface area is 157 Å². The maximum Gasteiger partial charge on any atom is 0.150 e. The zero-order chi connectivity index (χ0) is 17.7. The van der Waals surface area contributed by atoms with Gasteiger partial charge in [0.15, 0.2) is 0 Å². The predicted molar refractivity (Wildman–Crippen MR) is 108 cm³/mol. The molecule has 0 bridgehead atoms. The van der Waals surface area contributed by atoms with Crippen LogP contribution in [0.3, 0.4) is 0 Å². The summed E-state index contributed by atoms with van der Waals surface area (Å²) in [6.45, 7) is -0.00954. The van der Waals surface area contributed by atoms with Crippen molar-refractivity contribution in [2.45, 2.75) is 12.1 Å². The lowest BCUT2D eigenvalue weighted by Crippen LogP contribution is -2.22.